The van der Waals surface area contributed by atoms with Gasteiger partial charge >= 0.3 is 0 Å². The van der Waals surface area contributed by atoms with Crippen LogP contribution in [0.1, 0.15) is 56.9 Å². The molecule has 2 saturated heterocycles. The Morgan fingerprint density at radius 3 is 2.50 bits per heavy atom. The second-order valence-electron chi connectivity index (χ2n) is 8.16. The van der Waals surface area contributed by atoms with E-state index in [2.05, 4.69) is 24.1 Å². The number of hydrogen-bond donors (Lipinski definition) is 1. The molecule has 1 N–H and O–H groups in total. The number of fused-ring (bicyclic) bond motifs is 2. The predicted octanol–water partition coefficient (Wildman–Crippen LogP) is 3.71. The molecule has 2 heterocycles. The summed E-state index contributed by atoms with van der Waals surface area (Å²) in [5.74, 6) is 0.331. The molecule has 132 valence electrons. The van der Waals surface area contributed by atoms with Gasteiger partial charge in [0.05, 0.1) is 12.7 Å². The van der Waals surface area contributed by atoms with E-state index in [9.17, 15) is 5.11 Å². The first-order valence-corrected chi connectivity index (χ1v) is 9.80. The summed E-state index contributed by atoms with van der Waals surface area (Å²) in [7, 11) is 2.25. The second-order valence-corrected chi connectivity index (χ2v) is 8.16. The molecular weight excluding hydrogens is 298 g/mol. The summed E-state index contributed by atoms with van der Waals surface area (Å²) in [6.07, 6.45) is 9.93. The van der Waals surface area contributed by atoms with Crippen molar-refractivity contribution in [1.82, 2.24) is 4.90 Å². The van der Waals surface area contributed by atoms with Crippen molar-refractivity contribution in [2.24, 2.45) is 5.92 Å². The van der Waals surface area contributed by atoms with Crippen LogP contribution in [0.2, 0.25) is 0 Å². The lowest BCUT2D eigenvalue weighted by Gasteiger charge is -2.40. The number of nitrogens with zero attached hydrogens (tertiary/aromatic N) is 1. The van der Waals surface area contributed by atoms with Gasteiger partial charge in [0.25, 0.3) is 0 Å². The van der Waals surface area contributed by atoms with Gasteiger partial charge in [-0.1, -0.05) is 43.2 Å². The lowest BCUT2D eigenvalue weighted by molar-refractivity contribution is -0.129. The quantitative estimate of drug-likeness (QED) is 0.894. The predicted molar refractivity (Wildman–Crippen MR) is 95.8 cm³/mol. The van der Waals surface area contributed by atoms with Gasteiger partial charge in [-0.25, -0.2) is 0 Å². The smallest absolute Gasteiger partial charge is 0.116 e. The van der Waals surface area contributed by atoms with Crippen LogP contribution in [-0.4, -0.2) is 41.8 Å². The van der Waals surface area contributed by atoms with Gasteiger partial charge in [0.2, 0.25) is 0 Å². The van der Waals surface area contributed by atoms with Crippen LogP contribution >= 0.6 is 0 Å². The Bertz CT molecular complexity index is 542. The summed E-state index contributed by atoms with van der Waals surface area (Å²) < 4.78 is 6.42. The fourth-order valence-electron chi connectivity index (χ4n) is 5.38. The zero-order valence-electron chi connectivity index (χ0n) is 14.9. The lowest BCUT2D eigenvalue weighted by atomic mass is 9.80. The number of hydrogen-bond acceptors (Lipinski definition) is 3. The minimum atomic E-state index is -0.828. The maximum absolute atomic E-state index is 11.6. The third-order valence-corrected chi connectivity index (χ3v) is 6.93. The van der Waals surface area contributed by atoms with Gasteiger partial charge in [0, 0.05) is 12.1 Å². The molecule has 2 bridgehead atoms. The van der Waals surface area contributed by atoms with Gasteiger partial charge < -0.3 is 9.84 Å². The fraction of sp³-hybridized carbons (Fsp3) is 0.714. The first kappa shape index (κ1) is 16.6. The maximum atomic E-state index is 11.6. The lowest BCUT2D eigenvalue weighted by Crippen LogP contribution is -2.48. The number of aliphatic hydroxyl groups is 1. The molecule has 4 atom stereocenters. The van der Waals surface area contributed by atoms with Gasteiger partial charge in [-0.15, -0.1) is 0 Å². The Morgan fingerprint density at radius 1 is 1.04 bits per heavy atom. The monoisotopic (exact) mass is 329 g/mol. The number of ether oxygens (including phenoxy) is 1. The molecule has 4 rings (SSSR count). The largest absolute Gasteiger partial charge is 0.382 e. The highest BCUT2D eigenvalue weighted by Crippen LogP contribution is 2.42. The highest BCUT2D eigenvalue weighted by molar-refractivity contribution is 5.24. The normalized spacial score (nSPS) is 33.7. The molecule has 0 spiro atoms. The van der Waals surface area contributed by atoms with Crippen molar-refractivity contribution < 1.29 is 9.84 Å². The van der Waals surface area contributed by atoms with Crippen molar-refractivity contribution in [3.63, 3.8) is 0 Å². The molecule has 1 aromatic carbocycles. The molecule has 3 heteroatoms. The Kier molecular flexibility index (Phi) is 4.68. The van der Waals surface area contributed by atoms with E-state index in [0.717, 1.165) is 30.9 Å². The van der Waals surface area contributed by atoms with Crippen LogP contribution < -0.4 is 0 Å². The third-order valence-electron chi connectivity index (χ3n) is 6.93. The molecule has 0 aromatic heterocycles. The van der Waals surface area contributed by atoms with E-state index in [1.54, 1.807) is 0 Å². The minimum absolute atomic E-state index is 0.283. The fourth-order valence-corrected chi connectivity index (χ4v) is 5.38. The van der Waals surface area contributed by atoms with Crippen LogP contribution in [0, 0.1) is 5.92 Å². The molecule has 0 unspecified atom stereocenters. The Hall–Kier alpha value is -0.900. The molecule has 3 fully saturated rings. The SMILES string of the molecule is CN1[C@H]2CC[C@@H]1[C@H](OC[C@](O)(c1ccccc1)C1CCCC1)CC2. The molecule has 1 saturated carbocycles. The van der Waals surface area contributed by atoms with Gasteiger partial charge in [-0.2, -0.15) is 0 Å². The van der Waals surface area contributed by atoms with Crippen LogP contribution in [-0.2, 0) is 10.3 Å². The van der Waals surface area contributed by atoms with Crippen molar-refractivity contribution in [2.45, 2.75) is 75.2 Å². The second kappa shape index (κ2) is 6.78. The van der Waals surface area contributed by atoms with Crippen LogP contribution in [0.25, 0.3) is 0 Å². The average Bonchev–Trinajstić information content (AvgIpc) is 3.22. The molecule has 0 amide bonds. The standard InChI is InChI=1S/C21H31NO2/c1-22-18-11-13-19(22)20(14-12-18)24-15-21(23,17-9-5-6-10-17)16-7-3-2-4-8-16/h2-4,7-8,17-20,23H,5-6,9-15H2,1H3/t18-,19+,20+,21-/m0/s1. The number of piperidine rings is 1. The average molecular weight is 329 g/mol. The van der Waals surface area contributed by atoms with E-state index in [-0.39, 0.29) is 6.10 Å². The Morgan fingerprint density at radius 2 is 1.75 bits per heavy atom. The van der Waals surface area contributed by atoms with E-state index in [0.29, 0.717) is 18.6 Å². The van der Waals surface area contributed by atoms with Gasteiger partial charge in [0.1, 0.15) is 5.60 Å². The summed E-state index contributed by atoms with van der Waals surface area (Å²) in [5, 5.41) is 11.6. The summed E-state index contributed by atoms with van der Waals surface area (Å²) >= 11 is 0. The van der Waals surface area contributed by atoms with E-state index >= 15 is 0 Å². The van der Waals surface area contributed by atoms with E-state index in [1.165, 1.54) is 32.1 Å². The first-order chi connectivity index (χ1) is 11.7. The van der Waals surface area contributed by atoms with Gasteiger partial charge in [-0.05, 0) is 57.1 Å². The number of rotatable bonds is 5. The van der Waals surface area contributed by atoms with Crippen molar-refractivity contribution >= 4 is 0 Å². The summed E-state index contributed by atoms with van der Waals surface area (Å²) in [6, 6.07) is 11.5. The summed E-state index contributed by atoms with van der Waals surface area (Å²) in [5.41, 5.74) is 0.205. The Labute approximate surface area is 146 Å². The van der Waals surface area contributed by atoms with Gasteiger partial charge in [-0.3, -0.25) is 4.90 Å². The minimum Gasteiger partial charge on any atom is -0.382 e. The molecule has 0 radical (unpaired) electrons. The number of likely N-dealkylation sites (N-methyl/N-ethyl adjacent to an activating group) is 1. The van der Waals surface area contributed by atoms with E-state index in [1.807, 2.05) is 18.2 Å². The van der Waals surface area contributed by atoms with Crippen LogP contribution in [0.4, 0.5) is 0 Å². The molecular formula is C21H31NO2. The molecule has 2 aliphatic heterocycles. The van der Waals surface area contributed by atoms with Crippen molar-refractivity contribution in [3.05, 3.63) is 35.9 Å². The van der Waals surface area contributed by atoms with Crippen molar-refractivity contribution in [3.8, 4) is 0 Å². The van der Waals surface area contributed by atoms with Crippen LogP contribution in [0.15, 0.2) is 30.3 Å². The topological polar surface area (TPSA) is 32.7 Å². The van der Waals surface area contributed by atoms with E-state index in [4.69, 9.17) is 4.74 Å². The summed E-state index contributed by atoms with van der Waals surface area (Å²) in [4.78, 5) is 2.52. The van der Waals surface area contributed by atoms with Crippen molar-refractivity contribution in [2.75, 3.05) is 13.7 Å². The third kappa shape index (κ3) is 2.91. The Balaban J connectivity index is 1.50. The number of benzene rings is 1. The van der Waals surface area contributed by atoms with Gasteiger partial charge in [0.15, 0.2) is 0 Å². The van der Waals surface area contributed by atoms with Crippen LogP contribution in [0.3, 0.4) is 0 Å². The summed E-state index contributed by atoms with van der Waals surface area (Å²) in [6.45, 7) is 0.446. The zero-order valence-corrected chi connectivity index (χ0v) is 14.9. The highest BCUT2D eigenvalue weighted by atomic mass is 16.5. The van der Waals surface area contributed by atoms with Crippen LogP contribution in [0.5, 0.6) is 0 Å². The zero-order chi connectivity index (χ0) is 16.6. The molecule has 3 nitrogen and oxygen atoms in total. The van der Waals surface area contributed by atoms with E-state index < -0.39 is 5.60 Å². The first-order valence-electron chi connectivity index (χ1n) is 9.80. The maximum Gasteiger partial charge on any atom is 0.116 e. The van der Waals surface area contributed by atoms with Crippen molar-refractivity contribution in [1.29, 1.82) is 0 Å². The molecule has 24 heavy (non-hydrogen) atoms. The molecule has 1 aromatic rings. The highest BCUT2D eigenvalue weighted by Gasteiger charge is 2.44. The molecule has 1 aliphatic carbocycles. The molecule has 3 aliphatic rings.